The molecule has 0 aliphatic rings. The molecule has 0 aliphatic heterocycles. The van der Waals surface area contributed by atoms with Gasteiger partial charge in [0.15, 0.2) is 10.9 Å². The third-order valence-electron chi connectivity index (χ3n) is 4.28. The van der Waals surface area contributed by atoms with Crippen molar-refractivity contribution in [2.24, 2.45) is 0 Å². The van der Waals surface area contributed by atoms with Gasteiger partial charge in [-0.3, -0.25) is 15.1 Å². The summed E-state index contributed by atoms with van der Waals surface area (Å²) < 4.78 is 5.51. The number of aromatic nitrogens is 1. The number of rotatable bonds is 4. The van der Waals surface area contributed by atoms with E-state index in [1.165, 1.54) is 5.56 Å². The number of furan rings is 1. The van der Waals surface area contributed by atoms with Crippen molar-refractivity contribution in [2.45, 2.75) is 6.54 Å². The Morgan fingerprint density at radius 3 is 2.50 bits per heavy atom. The van der Waals surface area contributed by atoms with Crippen LogP contribution in [0, 0.1) is 0 Å². The van der Waals surface area contributed by atoms with Crippen LogP contribution in [0.4, 0.5) is 0 Å². The van der Waals surface area contributed by atoms with E-state index >= 15 is 0 Å². The Morgan fingerprint density at radius 2 is 1.75 bits per heavy atom. The Morgan fingerprint density at radius 1 is 1.00 bits per heavy atom. The van der Waals surface area contributed by atoms with Gasteiger partial charge >= 0.3 is 0 Å². The maximum absolute atomic E-state index is 12.3. The molecule has 2 aromatic heterocycles. The van der Waals surface area contributed by atoms with E-state index in [0.717, 1.165) is 16.5 Å². The first-order chi connectivity index (χ1) is 13.7. The molecular weight excluding hydrogens is 370 g/mol. The Balaban J connectivity index is 1.33. The summed E-state index contributed by atoms with van der Waals surface area (Å²) in [4.78, 5) is 16.3. The third kappa shape index (κ3) is 4.07. The van der Waals surface area contributed by atoms with Crippen molar-refractivity contribution in [3.63, 3.8) is 0 Å². The van der Waals surface area contributed by atoms with Gasteiger partial charge in [0.25, 0.3) is 5.91 Å². The van der Waals surface area contributed by atoms with Crippen LogP contribution in [0.15, 0.2) is 83.5 Å². The third-order valence-corrected chi connectivity index (χ3v) is 4.53. The fraction of sp³-hybridized carbons (Fsp3) is 0.0455. The molecule has 5 nitrogen and oxygen atoms in total. The molecule has 0 saturated carbocycles. The zero-order valence-corrected chi connectivity index (χ0v) is 15.7. The average molecular weight is 387 g/mol. The van der Waals surface area contributed by atoms with Crippen molar-refractivity contribution in [1.82, 2.24) is 15.6 Å². The lowest BCUT2D eigenvalue weighted by atomic mass is 10.0. The highest BCUT2D eigenvalue weighted by molar-refractivity contribution is 7.80. The van der Waals surface area contributed by atoms with Crippen LogP contribution in [-0.2, 0) is 6.54 Å². The number of hydrogen-bond acceptors (Lipinski definition) is 4. The molecular formula is C22H17N3O2S. The lowest BCUT2D eigenvalue weighted by Gasteiger charge is -2.09. The highest BCUT2D eigenvalue weighted by Gasteiger charge is 2.13. The molecule has 0 aliphatic carbocycles. The van der Waals surface area contributed by atoms with Crippen LogP contribution in [0.3, 0.4) is 0 Å². The first-order valence-electron chi connectivity index (χ1n) is 8.76. The average Bonchev–Trinajstić information content (AvgIpc) is 3.18. The molecule has 1 amide bonds. The molecule has 4 rings (SSSR count). The quantitative estimate of drug-likeness (QED) is 0.511. The molecule has 0 unspecified atom stereocenters. The summed E-state index contributed by atoms with van der Waals surface area (Å²) in [6.07, 6.45) is 3.26. The van der Waals surface area contributed by atoms with Crippen molar-refractivity contribution in [3.8, 4) is 11.1 Å². The van der Waals surface area contributed by atoms with Gasteiger partial charge in [0.05, 0.1) is 0 Å². The monoisotopic (exact) mass is 387 g/mol. The number of hydrogen-bond donors (Lipinski definition) is 2. The van der Waals surface area contributed by atoms with Gasteiger partial charge in [-0.2, -0.15) is 0 Å². The van der Waals surface area contributed by atoms with E-state index in [4.69, 9.17) is 16.6 Å². The predicted octanol–water partition coefficient (Wildman–Crippen LogP) is 4.30. The van der Waals surface area contributed by atoms with Gasteiger partial charge in [-0.1, -0.05) is 54.6 Å². The van der Waals surface area contributed by atoms with Crippen LogP contribution in [-0.4, -0.2) is 16.0 Å². The SMILES string of the molecule is O=C(NC(=S)NCc1ccc(-c2ccccc2)cc1)c1cc2cnccc2o1. The number of carbonyl (C=O) groups is 1. The van der Waals surface area contributed by atoms with E-state index in [0.29, 0.717) is 12.1 Å². The number of thiocarbonyl (C=S) groups is 1. The Kier molecular flexibility index (Phi) is 5.12. The fourth-order valence-corrected chi connectivity index (χ4v) is 3.00. The van der Waals surface area contributed by atoms with E-state index in [1.54, 1.807) is 24.5 Å². The molecule has 0 spiro atoms. The number of pyridine rings is 1. The maximum atomic E-state index is 12.3. The van der Waals surface area contributed by atoms with E-state index < -0.39 is 5.91 Å². The lowest BCUT2D eigenvalue weighted by molar-refractivity contribution is 0.0951. The zero-order chi connectivity index (χ0) is 19.3. The van der Waals surface area contributed by atoms with Gasteiger partial charge < -0.3 is 9.73 Å². The fourth-order valence-electron chi connectivity index (χ4n) is 2.83. The van der Waals surface area contributed by atoms with Gasteiger partial charge in [0, 0.05) is 24.3 Å². The first-order valence-corrected chi connectivity index (χ1v) is 9.17. The molecule has 0 fully saturated rings. The smallest absolute Gasteiger partial charge is 0.293 e. The van der Waals surface area contributed by atoms with E-state index in [9.17, 15) is 4.79 Å². The summed E-state index contributed by atoms with van der Waals surface area (Å²) in [6.45, 7) is 0.512. The Bertz CT molecular complexity index is 1090. The molecule has 2 N–H and O–H groups in total. The minimum Gasteiger partial charge on any atom is -0.451 e. The number of fused-ring (bicyclic) bond motifs is 1. The molecule has 0 saturated heterocycles. The number of carbonyl (C=O) groups excluding carboxylic acids is 1. The van der Waals surface area contributed by atoms with Crippen LogP contribution in [0.5, 0.6) is 0 Å². The van der Waals surface area contributed by atoms with Crippen LogP contribution in [0.1, 0.15) is 16.1 Å². The van der Waals surface area contributed by atoms with E-state index in [1.807, 2.05) is 30.3 Å². The number of benzene rings is 2. The second-order valence-electron chi connectivity index (χ2n) is 6.22. The molecule has 0 atom stereocenters. The summed E-state index contributed by atoms with van der Waals surface area (Å²) >= 11 is 5.22. The summed E-state index contributed by atoms with van der Waals surface area (Å²) in [5, 5.41) is 6.68. The normalized spacial score (nSPS) is 10.6. The van der Waals surface area contributed by atoms with Crippen LogP contribution >= 0.6 is 12.2 Å². The molecule has 6 heteroatoms. The summed E-state index contributed by atoms with van der Waals surface area (Å²) in [5.41, 5.74) is 3.99. The van der Waals surface area contributed by atoms with Gasteiger partial charge in [0.1, 0.15) is 5.58 Å². The van der Waals surface area contributed by atoms with Gasteiger partial charge in [0.2, 0.25) is 0 Å². The van der Waals surface area contributed by atoms with Crippen molar-refractivity contribution in [3.05, 3.63) is 90.4 Å². The molecule has 2 heterocycles. The van der Waals surface area contributed by atoms with Crippen LogP contribution in [0.2, 0.25) is 0 Å². The van der Waals surface area contributed by atoms with Crippen molar-refractivity contribution in [1.29, 1.82) is 0 Å². The topological polar surface area (TPSA) is 67.2 Å². The zero-order valence-electron chi connectivity index (χ0n) is 14.9. The molecule has 4 aromatic rings. The number of amides is 1. The summed E-state index contributed by atoms with van der Waals surface area (Å²) in [6, 6.07) is 21.7. The number of nitrogens with one attached hydrogen (secondary N) is 2. The van der Waals surface area contributed by atoms with Crippen molar-refractivity contribution in [2.75, 3.05) is 0 Å². The lowest BCUT2D eigenvalue weighted by Crippen LogP contribution is -2.38. The van der Waals surface area contributed by atoms with Gasteiger partial charge in [-0.05, 0) is 41.0 Å². The molecule has 0 radical (unpaired) electrons. The van der Waals surface area contributed by atoms with Crippen LogP contribution < -0.4 is 10.6 Å². The highest BCUT2D eigenvalue weighted by Crippen LogP contribution is 2.19. The van der Waals surface area contributed by atoms with Gasteiger partial charge in [-0.15, -0.1) is 0 Å². The van der Waals surface area contributed by atoms with Gasteiger partial charge in [-0.25, -0.2) is 0 Å². The second kappa shape index (κ2) is 8.02. The summed E-state index contributed by atoms with van der Waals surface area (Å²) in [7, 11) is 0. The molecule has 0 bridgehead atoms. The van der Waals surface area contributed by atoms with Crippen molar-refractivity contribution < 1.29 is 9.21 Å². The largest absolute Gasteiger partial charge is 0.451 e. The minimum absolute atomic E-state index is 0.194. The molecule has 138 valence electrons. The number of nitrogens with zero attached hydrogens (tertiary/aromatic N) is 1. The predicted molar refractivity (Wildman–Crippen MR) is 113 cm³/mol. The Labute approximate surface area is 167 Å². The van der Waals surface area contributed by atoms with Crippen LogP contribution in [0.25, 0.3) is 22.1 Å². The minimum atomic E-state index is -0.395. The first kappa shape index (κ1) is 17.9. The van der Waals surface area contributed by atoms with E-state index in [2.05, 4.69) is 39.9 Å². The molecule has 2 aromatic carbocycles. The standard InChI is InChI=1S/C22H17N3O2S/c26-21(20-12-18-14-23-11-10-19(18)27-20)25-22(28)24-13-15-6-8-17(9-7-15)16-4-2-1-3-5-16/h1-12,14H,13H2,(H2,24,25,26,28). The molecule has 28 heavy (non-hydrogen) atoms. The second-order valence-corrected chi connectivity index (χ2v) is 6.63. The van der Waals surface area contributed by atoms with Crippen molar-refractivity contribution >= 4 is 34.2 Å². The maximum Gasteiger partial charge on any atom is 0.293 e. The highest BCUT2D eigenvalue weighted by atomic mass is 32.1. The summed E-state index contributed by atoms with van der Waals surface area (Å²) in [5.74, 6) is -0.201. The van der Waals surface area contributed by atoms with E-state index in [-0.39, 0.29) is 10.9 Å². The Hall–Kier alpha value is -3.51.